The topological polar surface area (TPSA) is 124 Å². The van der Waals surface area contributed by atoms with Crippen LogP contribution in [0.5, 0.6) is 0 Å². The monoisotopic (exact) mass is 405 g/mol. The van der Waals surface area contributed by atoms with Crippen molar-refractivity contribution in [2.75, 3.05) is 5.32 Å². The van der Waals surface area contributed by atoms with E-state index in [1.54, 1.807) is 36.4 Å². The van der Waals surface area contributed by atoms with E-state index in [0.717, 1.165) is 5.56 Å². The van der Waals surface area contributed by atoms with Gasteiger partial charge in [0.05, 0.1) is 17.6 Å². The fourth-order valence-electron chi connectivity index (χ4n) is 3.24. The molecule has 0 aliphatic carbocycles. The van der Waals surface area contributed by atoms with Crippen molar-refractivity contribution in [2.45, 2.75) is 31.5 Å². The lowest BCUT2D eigenvalue weighted by molar-refractivity contribution is -0.143. The van der Waals surface area contributed by atoms with E-state index < -0.39 is 44.0 Å². The summed E-state index contributed by atoms with van der Waals surface area (Å²) in [4.78, 5) is 32.8. The van der Waals surface area contributed by atoms with Gasteiger partial charge in [0.15, 0.2) is 8.03 Å². The minimum Gasteiger partial charge on any atom is -0.481 e. The number of carboxylic acids is 2. The molecule has 0 spiro atoms. The minimum atomic E-state index is -3.32. The van der Waals surface area contributed by atoms with Gasteiger partial charge in [-0.3, -0.25) is 14.2 Å². The predicted molar refractivity (Wildman–Crippen MR) is 107 cm³/mol. The van der Waals surface area contributed by atoms with Crippen LogP contribution in [0.4, 0.5) is 5.69 Å². The van der Waals surface area contributed by atoms with Gasteiger partial charge in [0.1, 0.15) is 0 Å². The molecule has 8 heteroatoms. The summed E-state index contributed by atoms with van der Waals surface area (Å²) in [6.07, 6.45) is -0.625. The number of benzene rings is 2. The molecular formula is C20H24NO6P. The number of anilines is 1. The molecule has 2 aromatic rings. The third-order valence-corrected chi connectivity index (χ3v) is 5.87. The normalized spacial score (nSPS) is 15.2. The van der Waals surface area contributed by atoms with Gasteiger partial charge in [-0.25, -0.2) is 0 Å². The molecule has 0 amide bonds. The molecule has 0 radical (unpaired) electrons. The van der Waals surface area contributed by atoms with Gasteiger partial charge in [-0.05, 0) is 36.6 Å². The third-order valence-electron chi connectivity index (χ3n) is 4.56. The van der Waals surface area contributed by atoms with Crippen molar-refractivity contribution in [2.24, 2.45) is 5.92 Å². The second-order valence-corrected chi connectivity index (χ2v) is 7.99. The first kappa shape index (κ1) is 21.7. The van der Waals surface area contributed by atoms with Crippen LogP contribution in [0, 0.1) is 12.8 Å². The Labute approximate surface area is 163 Å². The van der Waals surface area contributed by atoms with E-state index >= 15 is 0 Å². The molecule has 0 bridgehead atoms. The molecule has 0 aliphatic heterocycles. The Balaban J connectivity index is 2.47. The van der Waals surface area contributed by atoms with Gasteiger partial charge in [-0.1, -0.05) is 42.5 Å². The molecule has 0 saturated carbocycles. The standard InChI is InChI=1S/C20H24NO6P/c1-13-6-5-9-15(12-13)21-18(14-7-3-2-4-8-14)19(28(26)27)16(20(24)25)10-11-17(22)23/h2-9,12,16,18-19,21,28H,10-11H2,1H3,(H,22,23)(H,24,25)(H,26,27). The van der Waals surface area contributed by atoms with Crippen molar-refractivity contribution in [1.82, 2.24) is 0 Å². The largest absolute Gasteiger partial charge is 0.481 e. The molecule has 0 heterocycles. The first-order valence-electron chi connectivity index (χ1n) is 8.85. The second-order valence-electron chi connectivity index (χ2n) is 6.64. The predicted octanol–water partition coefficient (Wildman–Crippen LogP) is 3.55. The van der Waals surface area contributed by atoms with Crippen LogP contribution in [0.1, 0.15) is 30.0 Å². The first-order valence-corrected chi connectivity index (χ1v) is 10.3. The quantitative estimate of drug-likeness (QED) is 0.446. The van der Waals surface area contributed by atoms with Gasteiger partial charge in [0.2, 0.25) is 0 Å². The Kier molecular flexibility index (Phi) is 7.79. The van der Waals surface area contributed by atoms with E-state index in [-0.39, 0.29) is 6.42 Å². The Morgan fingerprint density at radius 2 is 1.75 bits per heavy atom. The summed E-state index contributed by atoms with van der Waals surface area (Å²) in [6, 6.07) is 15.4. The van der Waals surface area contributed by atoms with Gasteiger partial charge in [0, 0.05) is 12.1 Å². The fraction of sp³-hybridized carbons (Fsp3) is 0.300. The van der Waals surface area contributed by atoms with Crippen LogP contribution in [0.15, 0.2) is 54.6 Å². The average molecular weight is 405 g/mol. The number of aryl methyl sites for hydroxylation is 1. The summed E-state index contributed by atoms with van der Waals surface area (Å²) in [6.45, 7) is 1.90. The highest BCUT2D eigenvalue weighted by Crippen LogP contribution is 2.42. The lowest BCUT2D eigenvalue weighted by Gasteiger charge is -2.31. The summed E-state index contributed by atoms with van der Waals surface area (Å²) in [5, 5.41) is 21.8. The number of carboxylic acid groups (broad SMARTS) is 2. The van der Waals surface area contributed by atoms with Crippen molar-refractivity contribution in [1.29, 1.82) is 0 Å². The minimum absolute atomic E-state index is 0.231. The Morgan fingerprint density at radius 3 is 2.29 bits per heavy atom. The molecule has 0 saturated heterocycles. The van der Waals surface area contributed by atoms with Gasteiger partial charge in [-0.2, -0.15) is 0 Å². The zero-order chi connectivity index (χ0) is 20.7. The van der Waals surface area contributed by atoms with Crippen molar-refractivity contribution >= 4 is 25.7 Å². The zero-order valence-electron chi connectivity index (χ0n) is 15.4. The van der Waals surface area contributed by atoms with Crippen molar-refractivity contribution < 1.29 is 29.3 Å². The Bertz CT molecular complexity index is 842. The van der Waals surface area contributed by atoms with E-state index in [9.17, 15) is 24.2 Å². The molecule has 2 aromatic carbocycles. The molecule has 4 N–H and O–H groups in total. The summed E-state index contributed by atoms with van der Waals surface area (Å²) in [7, 11) is -3.32. The van der Waals surface area contributed by atoms with Crippen LogP contribution in [0.25, 0.3) is 0 Å². The molecule has 0 fully saturated rings. The summed E-state index contributed by atoms with van der Waals surface area (Å²) in [5.74, 6) is -3.72. The van der Waals surface area contributed by atoms with Crippen LogP contribution >= 0.6 is 8.03 Å². The number of carbonyl (C=O) groups is 2. The van der Waals surface area contributed by atoms with Gasteiger partial charge in [0.25, 0.3) is 0 Å². The second kappa shape index (κ2) is 10.1. The van der Waals surface area contributed by atoms with Crippen LogP contribution in [-0.4, -0.2) is 32.7 Å². The molecule has 0 aliphatic rings. The van der Waals surface area contributed by atoms with Gasteiger partial charge < -0.3 is 20.4 Å². The summed E-state index contributed by atoms with van der Waals surface area (Å²) in [5.41, 5.74) is 1.14. The van der Waals surface area contributed by atoms with Gasteiger partial charge in [-0.15, -0.1) is 0 Å². The summed E-state index contributed by atoms with van der Waals surface area (Å²) >= 11 is 0. The molecule has 0 aromatic heterocycles. The third kappa shape index (κ3) is 5.94. The van der Waals surface area contributed by atoms with Crippen LogP contribution in [0.3, 0.4) is 0 Å². The number of aliphatic carboxylic acids is 2. The molecule has 28 heavy (non-hydrogen) atoms. The molecule has 4 atom stereocenters. The fourth-order valence-corrected chi connectivity index (χ4v) is 4.45. The maximum Gasteiger partial charge on any atom is 0.307 e. The van der Waals surface area contributed by atoms with Crippen LogP contribution in [0.2, 0.25) is 0 Å². The SMILES string of the molecule is Cc1cccc(NC(c2ccccc2)C(C(CCC(=O)O)C(=O)O)[PH](=O)O)c1. The molecule has 150 valence electrons. The highest BCUT2D eigenvalue weighted by Gasteiger charge is 2.39. The molecule has 4 unspecified atom stereocenters. The van der Waals surface area contributed by atoms with E-state index in [2.05, 4.69) is 5.32 Å². The van der Waals surface area contributed by atoms with E-state index in [0.29, 0.717) is 11.3 Å². The van der Waals surface area contributed by atoms with Crippen LogP contribution in [-0.2, 0) is 14.2 Å². The Hall–Kier alpha value is -2.63. The van der Waals surface area contributed by atoms with E-state index in [1.165, 1.54) is 0 Å². The lowest BCUT2D eigenvalue weighted by Crippen LogP contribution is -2.35. The maximum atomic E-state index is 12.3. The van der Waals surface area contributed by atoms with Crippen LogP contribution < -0.4 is 5.32 Å². The number of nitrogens with one attached hydrogen (secondary N) is 1. The molecule has 7 nitrogen and oxygen atoms in total. The van der Waals surface area contributed by atoms with Gasteiger partial charge >= 0.3 is 11.9 Å². The highest BCUT2D eigenvalue weighted by molar-refractivity contribution is 7.39. The Morgan fingerprint density at radius 1 is 1.07 bits per heavy atom. The zero-order valence-corrected chi connectivity index (χ0v) is 16.4. The van der Waals surface area contributed by atoms with Crippen molar-refractivity contribution in [3.63, 3.8) is 0 Å². The van der Waals surface area contributed by atoms with Crippen molar-refractivity contribution in [3.8, 4) is 0 Å². The number of hydrogen-bond acceptors (Lipinski definition) is 4. The molecule has 2 rings (SSSR count). The average Bonchev–Trinajstić information content (AvgIpc) is 2.63. The summed E-state index contributed by atoms with van der Waals surface area (Å²) < 4.78 is 12.3. The lowest BCUT2D eigenvalue weighted by atomic mass is 9.90. The highest BCUT2D eigenvalue weighted by atomic mass is 31.1. The number of rotatable bonds is 10. The maximum absolute atomic E-state index is 12.3. The smallest absolute Gasteiger partial charge is 0.307 e. The molecular weight excluding hydrogens is 381 g/mol. The van der Waals surface area contributed by atoms with E-state index in [1.807, 2.05) is 25.1 Å². The first-order chi connectivity index (χ1) is 13.3. The number of hydrogen-bond donors (Lipinski definition) is 4. The van der Waals surface area contributed by atoms with E-state index in [4.69, 9.17) is 5.11 Å². The van der Waals surface area contributed by atoms with Crippen molar-refractivity contribution in [3.05, 3.63) is 65.7 Å².